The molecular formula is C21H19N5O2. The summed E-state index contributed by atoms with van der Waals surface area (Å²) in [5.41, 5.74) is 4.74. The minimum absolute atomic E-state index is 0.152. The normalized spacial score (nSPS) is 13.8. The number of pyridine rings is 2. The number of rotatable bonds is 5. The van der Waals surface area contributed by atoms with Crippen LogP contribution in [0.3, 0.4) is 0 Å². The van der Waals surface area contributed by atoms with Crippen molar-refractivity contribution in [1.82, 2.24) is 23.9 Å². The second-order valence-electron chi connectivity index (χ2n) is 7.08. The first kappa shape index (κ1) is 16.7. The number of fused-ring (bicyclic) bond motifs is 1. The van der Waals surface area contributed by atoms with Crippen LogP contribution in [-0.4, -0.2) is 23.9 Å². The zero-order valence-electron chi connectivity index (χ0n) is 15.4. The number of nitrogens with zero attached hydrogens (tertiary/aromatic N) is 5. The molecule has 0 N–H and O–H groups in total. The fourth-order valence-electron chi connectivity index (χ4n) is 3.39. The molecule has 0 spiro atoms. The zero-order chi connectivity index (χ0) is 19.1. The Bertz CT molecular complexity index is 1210. The summed E-state index contributed by atoms with van der Waals surface area (Å²) in [5.74, 6) is 1.11. The molecule has 1 fully saturated rings. The van der Waals surface area contributed by atoms with Crippen molar-refractivity contribution < 1.29 is 4.74 Å². The summed E-state index contributed by atoms with van der Waals surface area (Å²) < 4.78 is 9.35. The smallest absolute Gasteiger partial charge is 0.258 e. The number of imidazole rings is 1. The van der Waals surface area contributed by atoms with E-state index in [1.807, 2.05) is 18.3 Å². The van der Waals surface area contributed by atoms with E-state index in [1.54, 1.807) is 29.2 Å². The van der Waals surface area contributed by atoms with Crippen LogP contribution < -0.4 is 10.3 Å². The van der Waals surface area contributed by atoms with Gasteiger partial charge in [0.1, 0.15) is 24.3 Å². The second-order valence-corrected chi connectivity index (χ2v) is 7.08. The minimum Gasteiger partial charge on any atom is -0.489 e. The average Bonchev–Trinajstić information content (AvgIpc) is 3.51. The van der Waals surface area contributed by atoms with Gasteiger partial charge in [-0.2, -0.15) is 0 Å². The molecule has 1 saturated carbocycles. The molecule has 0 saturated heterocycles. The average molecular weight is 373 g/mol. The summed E-state index contributed by atoms with van der Waals surface area (Å²) in [4.78, 5) is 25.3. The molecule has 1 aliphatic carbocycles. The third-order valence-corrected chi connectivity index (χ3v) is 5.03. The fraction of sp³-hybridized carbons (Fsp3) is 0.238. The highest BCUT2D eigenvalue weighted by Crippen LogP contribution is 2.41. The van der Waals surface area contributed by atoms with Gasteiger partial charge in [-0.3, -0.25) is 9.36 Å². The van der Waals surface area contributed by atoms with Gasteiger partial charge in [-0.25, -0.2) is 15.0 Å². The van der Waals surface area contributed by atoms with Crippen molar-refractivity contribution in [3.05, 3.63) is 82.7 Å². The first-order valence-electron chi connectivity index (χ1n) is 9.27. The topological polar surface area (TPSA) is 74.3 Å². The molecule has 28 heavy (non-hydrogen) atoms. The highest BCUT2D eigenvalue weighted by atomic mass is 16.5. The van der Waals surface area contributed by atoms with E-state index in [-0.39, 0.29) is 5.56 Å². The Morgan fingerprint density at radius 1 is 1.18 bits per heavy atom. The molecule has 140 valence electrons. The van der Waals surface area contributed by atoms with Crippen LogP contribution in [0.15, 0.2) is 60.2 Å². The maximum atomic E-state index is 12.6. The molecule has 0 atom stereocenters. The number of aryl methyl sites for hydroxylation is 1. The fourth-order valence-corrected chi connectivity index (χ4v) is 3.39. The molecule has 0 amide bonds. The molecule has 0 aliphatic heterocycles. The number of ether oxygens (including phenoxy) is 1. The molecule has 0 radical (unpaired) electrons. The van der Waals surface area contributed by atoms with Gasteiger partial charge in [0.25, 0.3) is 5.56 Å². The van der Waals surface area contributed by atoms with E-state index >= 15 is 0 Å². The molecule has 0 aromatic carbocycles. The van der Waals surface area contributed by atoms with Gasteiger partial charge in [0.15, 0.2) is 0 Å². The largest absolute Gasteiger partial charge is 0.489 e. The van der Waals surface area contributed by atoms with Gasteiger partial charge in [-0.1, -0.05) is 0 Å². The lowest BCUT2D eigenvalue weighted by molar-refractivity contribution is 0.304. The molecule has 4 heterocycles. The van der Waals surface area contributed by atoms with Crippen LogP contribution >= 0.6 is 0 Å². The van der Waals surface area contributed by atoms with Crippen LogP contribution in [0.4, 0.5) is 0 Å². The zero-order valence-corrected chi connectivity index (χ0v) is 15.4. The van der Waals surface area contributed by atoms with Crippen molar-refractivity contribution in [3.63, 3.8) is 0 Å². The Morgan fingerprint density at radius 2 is 2.00 bits per heavy atom. The number of aromatic nitrogens is 5. The number of hydrogen-bond donors (Lipinski definition) is 0. The summed E-state index contributed by atoms with van der Waals surface area (Å²) in [5, 5.41) is 0. The third kappa shape index (κ3) is 3.05. The van der Waals surface area contributed by atoms with Gasteiger partial charge in [0.05, 0.1) is 11.4 Å². The SMILES string of the molecule is Cc1c(C2CC2)nc2ccc(-n3ccc(OCc4cncnc4)cc3=O)cn12. The standard InChI is InChI=1S/C21H19N5O2/c1-14-21(16-2-3-16)24-19-5-4-17(11-26(14)19)25-7-6-18(8-20(25)27)28-12-15-9-22-13-23-10-15/h4-11,13,16H,2-3,12H2,1H3. The van der Waals surface area contributed by atoms with Crippen LogP contribution in [0.25, 0.3) is 11.3 Å². The van der Waals surface area contributed by atoms with E-state index in [2.05, 4.69) is 21.3 Å². The van der Waals surface area contributed by atoms with Crippen molar-refractivity contribution in [2.75, 3.05) is 0 Å². The van der Waals surface area contributed by atoms with Gasteiger partial charge in [-0.15, -0.1) is 0 Å². The van der Waals surface area contributed by atoms with E-state index in [0.29, 0.717) is 18.3 Å². The van der Waals surface area contributed by atoms with Crippen LogP contribution in [0.5, 0.6) is 5.75 Å². The lowest BCUT2D eigenvalue weighted by Gasteiger charge is -2.09. The van der Waals surface area contributed by atoms with Crippen LogP contribution in [0.2, 0.25) is 0 Å². The van der Waals surface area contributed by atoms with E-state index in [4.69, 9.17) is 9.72 Å². The van der Waals surface area contributed by atoms with Gasteiger partial charge < -0.3 is 9.14 Å². The second kappa shape index (κ2) is 6.60. The summed E-state index contributed by atoms with van der Waals surface area (Å²) in [7, 11) is 0. The monoisotopic (exact) mass is 373 g/mol. The van der Waals surface area contributed by atoms with E-state index in [9.17, 15) is 4.79 Å². The van der Waals surface area contributed by atoms with Crippen LogP contribution in [0, 0.1) is 6.92 Å². The summed E-state index contributed by atoms with van der Waals surface area (Å²) in [6.45, 7) is 2.40. The summed E-state index contributed by atoms with van der Waals surface area (Å²) in [6, 6.07) is 7.15. The summed E-state index contributed by atoms with van der Waals surface area (Å²) >= 11 is 0. The Labute approximate surface area is 161 Å². The van der Waals surface area contributed by atoms with E-state index in [0.717, 1.165) is 22.6 Å². The molecule has 4 aromatic rings. The predicted molar refractivity (Wildman–Crippen MR) is 104 cm³/mol. The molecule has 1 aliphatic rings. The van der Waals surface area contributed by atoms with Crippen molar-refractivity contribution >= 4 is 5.65 Å². The Morgan fingerprint density at radius 3 is 2.75 bits per heavy atom. The lowest BCUT2D eigenvalue weighted by Crippen LogP contribution is -2.17. The summed E-state index contributed by atoms with van der Waals surface area (Å²) in [6.07, 6.45) is 11.0. The maximum absolute atomic E-state index is 12.6. The molecule has 0 bridgehead atoms. The first-order chi connectivity index (χ1) is 13.7. The van der Waals surface area contributed by atoms with Crippen molar-refractivity contribution in [3.8, 4) is 11.4 Å². The van der Waals surface area contributed by atoms with Gasteiger partial charge >= 0.3 is 0 Å². The Balaban J connectivity index is 1.43. The Kier molecular flexibility index (Phi) is 3.93. The molecular weight excluding hydrogens is 354 g/mol. The molecule has 4 aromatic heterocycles. The number of hydrogen-bond acceptors (Lipinski definition) is 5. The Hall–Kier alpha value is -3.48. The van der Waals surface area contributed by atoms with Crippen molar-refractivity contribution in [2.45, 2.75) is 32.3 Å². The maximum Gasteiger partial charge on any atom is 0.258 e. The predicted octanol–water partition coefficient (Wildman–Crippen LogP) is 3.04. The van der Waals surface area contributed by atoms with Gasteiger partial charge in [0, 0.05) is 48.0 Å². The highest BCUT2D eigenvalue weighted by molar-refractivity contribution is 5.49. The van der Waals surface area contributed by atoms with Crippen LogP contribution in [-0.2, 0) is 6.61 Å². The molecule has 7 heteroatoms. The molecule has 7 nitrogen and oxygen atoms in total. The third-order valence-electron chi connectivity index (χ3n) is 5.03. The quantitative estimate of drug-likeness (QED) is 0.538. The van der Waals surface area contributed by atoms with Crippen molar-refractivity contribution in [1.29, 1.82) is 0 Å². The highest BCUT2D eigenvalue weighted by Gasteiger charge is 2.28. The minimum atomic E-state index is -0.152. The first-order valence-corrected chi connectivity index (χ1v) is 9.27. The molecule has 0 unspecified atom stereocenters. The van der Waals surface area contributed by atoms with E-state index < -0.39 is 0 Å². The van der Waals surface area contributed by atoms with Gasteiger partial charge in [0.2, 0.25) is 0 Å². The molecule has 5 rings (SSSR count). The lowest BCUT2D eigenvalue weighted by atomic mass is 10.2. The van der Waals surface area contributed by atoms with E-state index in [1.165, 1.54) is 30.9 Å². The van der Waals surface area contributed by atoms with Gasteiger partial charge in [-0.05, 0) is 38.0 Å². The van der Waals surface area contributed by atoms with Crippen molar-refractivity contribution in [2.24, 2.45) is 0 Å². The van der Waals surface area contributed by atoms with Crippen LogP contribution in [0.1, 0.15) is 35.7 Å².